The topological polar surface area (TPSA) is 74.8 Å². The van der Waals surface area contributed by atoms with Gasteiger partial charge in [-0.3, -0.25) is 0 Å². The van der Waals surface area contributed by atoms with Gasteiger partial charge in [0.25, 0.3) is 0 Å². The Labute approximate surface area is 221 Å². The Bertz CT molecular complexity index is 1290. The summed E-state index contributed by atoms with van der Waals surface area (Å²) >= 11 is 3.00. The second-order valence-corrected chi connectivity index (χ2v) is 15.6. The fourth-order valence-corrected chi connectivity index (χ4v) is 8.21. The van der Waals surface area contributed by atoms with Gasteiger partial charge in [0.2, 0.25) is 5.13 Å². The van der Waals surface area contributed by atoms with Crippen molar-refractivity contribution >= 4 is 67.7 Å². The number of benzene rings is 2. The first-order chi connectivity index (χ1) is 17.4. The van der Waals surface area contributed by atoms with E-state index in [2.05, 4.69) is 58.3 Å². The number of thiophene rings is 1. The minimum Gasteiger partial charge on any atom is -0.413 e. The molecular formula is C26H32N6OS2Si. The van der Waals surface area contributed by atoms with E-state index in [1.54, 1.807) is 0 Å². The van der Waals surface area contributed by atoms with Crippen molar-refractivity contribution in [2.75, 3.05) is 19.0 Å². The van der Waals surface area contributed by atoms with Crippen LogP contribution in [0.4, 0.5) is 27.2 Å². The first-order valence-corrected chi connectivity index (χ1v) is 16.3. The summed E-state index contributed by atoms with van der Waals surface area (Å²) in [6.45, 7) is 7.43. The van der Waals surface area contributed by atoms with Gasteiger partial charge in [-0.25, -0.2) is 4.98 Å². The van der Waals surface area contributed by atoms with Gasteiger partial charge in [0.05, 0.1) is 22.7 Å². The molecule has 0 radical (unpaired) electrons. The first kappa shape index (κ1) is 26.3. The van der Waals surface area contributed by atoms with E-state index in [9.17, 15) is 0 Å². The van der Waals surface area contributed by atoms with Gasteiger partial charge < -0.3 is 9.33 Å². The van der Waals surface area contributed by atoms with Gasteiger partial charge in [-0.2, -0.15) is 0 Å². The third kappa shape index (κ3) is 6.50. The quantitative estimate of drug-likeness (QED) is 0.141. The highest BCUT2D eigenvalue weighted by Crippen LogP contribution is 2.39. The van der Waals surface area contributed by atoms with E-state index in [0.717, 1.165) is 49.7 Å². The highest BCUT2D eigenvalue weighted by molar-refractivity contribution is 7.30. The fraction of sp³-hybridized carbons (Fsp3) is 0.346. The summed E-state index contributed by atoms with van der Waals surface area (Å²) in [5, 5.41) is 18.9. The number of nitrogens with zero attached hydrogens (tertiary/aromatic N) is 6. The third-order valence-electron chi connectivity index (χ3n) is 6.36. The van der Waals surface area contributed by atoms with Crippen molar-refractivity contribution in [3.63, 3.8) is 0 Å². The highest BCUT2D eigenvalue weighted by atomic mass is 32.1. The molecule has 0 amide bonds. The van der Waals surface area contributed by atoms with E-state index < -0.39 is 8.32 Å². The molecule has 0 unspecified atom stereocenters. The summed E-state index contributed by atoms with van der Waals surface area (Å²) in [6.07, 6.45) is 0. The maximum Gasteiger partial charge on any atom is 0.231 e. The van der Waals surface area contributed by atoms with Gasteiger partial charge in [0.1, 0.15) is 9.83 Å². The Morgan fingerprint density at radius 3 is 2.00 bits per heavy atom. The molecule has 0 saturated carbocycles. The second-order valence-electron chi connectivity index (χ2n) is 8.76. The lowest BCUT2D eigenvalue weighted by Gasteiger charge is -2.28. The Morgan fingerprint density at radius 1 is 0.806 bits per heavy atom. The van der Waals surface area contributed by atoms with Crippen molar-refractivity contribution < 1.29 is 4.43 Å². The molecule has 7 nitrogen and oxygen atoms in total. The van der Waals surface area contributed by atoms with Crippen LogP contribution in [0, 0.1) is 0 Å². The van der Waals surface area contributed by atoms with Crippen LogP contribution in [0.15, 0.2) is 75.1 Å². The van der Waals surface area contributed by atoms with Gasteiger partial charge >= 0.3 is 0 Å². The van der Waals surface area contributed by atoms with Crippen LogP contribution in [-0.2, 0) is 11.0 Å². The molecule has 2 aromatic heterocycles. The lowest BCUT2D eigenvalue weighted by molar-refractivity contribution is 0.287. The zero-order chi connectivity index (χ0) is 25.5. The SMILES string of the molecule is CC[Si](CC)(CC)OCc1ccc(N=Nc2cc3sc(N=Nc4ccc(N(C)C)cc4)nc3s2)cc1. The predicted molar refractivity (Wildman–Crippen MR) is 155 cm³/mol. The van der Waals surface area contributed by atoms with Crippen molar-refractivity contribution in [3.8, 4) is 0 Å². The van der Waals surface area contributed by atoms with Gasteiger partial charge in [-0.1, -0.05) is 55.6 Å². The number of hydrogen-bond acceptors (Lipinski definition) is 9. The molecule has 0 bridgehead atoms. The van der Waals surface area contributed by atoms with Gasteiger partial charge in [-0.05, 0) is 66.2 Å². The van der Waals surface area contributed by atoms with E-state index in [1.165, 1.54) is 28.2 Å². The lowest BCUT2D eigenvalue weighted by atomic mass is 10.2. The maximum absolute atomic E-state index is 6.39. The number of anilines is 1. The molecule has 10 heteroatoms. The molecule has 0 saturated heterocycles. The van der Waals surface area contributed by atoms with E-state index in [0.29, 0.717) is 11.7 Å². The van der Waals surface area contributed by atoms with E-state index in [-0.39, 0.29) is 0 Å². The number of hydrogen-bond donors (Lipinski definition) is 0. The first-order valence-electron chi connectivity index (χ1n) is 12.2. The van der Waals surface area contributed by atoms with Crippen molar-refractivity contribution in [2.24, 2.45) is 20.5 Å². The van der Waals surface area contributed by atoms with E-state index >= 15 is 0 Å². The van der Waals surface area contributed by atoms with Crippen LogP contribution in [0.1, 0.15) is 26.3 Å². The van der Waals surface area contributed by atoms with Crippen LogP contribution in [0.2, 0.25) is 18.1 Å². The summed E-state index contributed by atoms with van der Waals surface area (Å²) in [7, 11) is 2.45. The molecule has 0 N–H and O–H groups in total. The van der Waals surface area contributed by atoms with Crippen molar-refractivity contribution in [1.82, 2.24) is 4.98 Å². The van der Waals surface area contributed by atoms with Crippen LogP contribution in [0.25, 0.3) is 9.53 Å². The van der Waals surface area contributed by atoms with E-state index in [1.807, 2.05) is 61.5 Å². The van der Waals surface area contributed by atoms with Gasteiger partial charge in [0, 0.05) is 19.8 Å². The van der Waals surface area contributed by atoms with Crippen molar-refractivity contribution in [3.05, 3.63) is 60.2 Å². The Kier molecular flexibility index (Phi) is 8.73. The zero-order valence-corrected chi connectivity index (χ0v) is 24.1. The number of azo groups is 2. The van der Waals surface area contributed by atoms with Crippen molar-refractivity contribution in [2.45, 2.75) is 45.5 Å². The van der Waals surface area contributed by atoms with E-state index in [4.69, 9.17) is 4.43 Å². The molecule has 0 spiro atoms. The average Bonchev–Trinajstić information content (AvgIpc) is 3.47. The molecule has 0 aliphatic heterocycles. The average molecular weight is 537 g/mol. The van der Waals surface area contributed by atoms with Gasteiger partial charge in [0.15, 0.2) is 8.32 Å². The molecule has 4 aromatic rings. The standard InChI is InChI=1S/C26H32N6OS2Si/c1-6-36(7-2,8-3)33-18-19-9-11-20(12-10-19)28-30-24-17-23-25(35-24)27-26(34-23)31-29-21-13-15-22(16-14-21)32(4)5/h9-17H,6-8,18H2,1-5H3. The fourth-order valence-electron chi connectivity index (χ4n) is 3.78. The molecule has 2 aromatic carbocycles. The largest absolute Gasteiger partial charge is 0.413 e. The molecule has 0 atom stereocenters. The molecular weight excluding hydrogens is 505 g/mol. The summed E-state index contributed by atoms with van der Waals surface area (Å²) in [5.41, 5.74) is 3.92. The normalized spacial score (nSPS) is 12.4. The predicted octanol–water partition coefficient (Wildman–Crippen LogP) is 9.78. The van der Waals surface area contributed by atoms with Crippen LogP contribution < -0.4 is 4.90 Å². The summed E-state index contributed by atoms with van der Waals surface area (Å²) in [6, 6.07) is 21.6. The minimum absolute atomic E-state index is 0.635. The number of fused-ring (bicyclic) bond motifs is 1. The van der Waals surface area contributed by atoms with Gasteiger partial charge in [-0.15, -0.1) is 20.5 Å². The molecule has 0 fully saturated rings. The summed E-state index contributed by atoms with van der Waals surface area (Å²) in [5.74, 6) is 0. The smallest absolute Gasteiger partial charge is 0.231 e. The second kappa shape index (κ2) is 12.0. The molecule has 188 valence electrons. The summed E-state index contributed by atoms with van der Waals surface area (Å²) in [4.78, 5) is 7.52. The highest BCUT2D eigenvalue weighted by Gasteiger charge is 2.28. The number of aromatic nitrogens is 1. The van der Waals surface area contributed by atoms with Crippen LogP contribution >= 0.6 is 22.7 Å². The maximum atomic E-state index is 6.39. The monoisotopic (exact) mass is 536 g/mol. The Hall–Kier alpha value is -2.79. The molecule has 0 aliphatic rings. The van der Waals surface area contributed by atoms with Crippen LogP contribution in [-0.4, -0.2) is 27.4 Å². The minimum atomic E-state index is -1.58. The number of thiazole rings is 1. The zero-order valence-electron chi connectivity index (χ0n) is 21.4. The van der Waals surface area contributed by atoms with Crippen LogP contribution in [0.3, 0.4) is 0 Å². The molecule has 36 heavy (non-hydrogen) atoms. The lowest BCUT2D eigenvalue weighted by Crippen LogP contribution is -2.35. The summed E-state index contributed by atoms with van der Waals surface area (Å²) < 4.78 is 7.42. The molecule has 2 heterocycles. The Balaban J connectivity index is 1.36. The third-order valence-corrected chi connectivity index (χ3v) is 12.9. The molecule has 0 aliphatic carbocycles. The Morgan fingerprint density at radius 2 is 1.42 bits per heavy atom. The molecule has 4 rings (SSSR count). The number of rotatable bonds is 11. The van der Waals surface area contributed by atoms with Crippen LogP contribution in [0.5, 0.6) is 0 Å². The van der Waals surface area contributed by atoms with Crippen molar-refractivity contribution in [1.29, 1.82) is 0 Å².